The number of benzene rings is 2. The molecule has 5 nitrogen and oxygen atoms in total. The highest BCUT2D eigenvalue weighted by molar-refractivity contribution is 5.93. The van der Waals surface area contributed by atoms with Crippen LogP contribution in [0.3, 0.4) is 0 Å². The first-order valence-corrected chi connectivity index (χ1v) is 9.13. The second kappa shape index (κ2) is 9.97. The zero-order valence-electron chi connectivity index (χ0n) is 15.3. The normalized spacial score (nSPS) is 13.8. The molecule has 6 heteroatoms. The van der Waals surface area contributed by atoms with Crippen molar-refractivity contribution in [2.45, 2.75) is 38.6 Å². The molecule has 0 radical (unpaired) electrons. The predicted octanol–water partition coefficient (Wildman–Crippen LogP) is 3.46. The largest absolute Gasteiger partial charge is 0.399 e. The van der Waals surface area contributed by atoms with Crippen molar-refractivity contribution < 1.29 is 9.59 Å². The van der Waals surface area contributed by atoms with Gasteiger partial charge in [0.15, 0.2) is 0 Å². The number of nitrogen functional groups attached to an aromatic ring is 1. The van der Waals surface area contributed by atoms with E-state index in [2.05, 4.69) is 5.32 Å². The van der Waals surface area contributed by atoms with Crippen LogP contribution in [-0.4, -0.2) is 18.4 Å². The minimum atomic E-state index is 0. The Kier molecular flexibility index (Phi) is 7.67. The van der Waals surface area contributed by atoms with Crippen LogP contribution >= 0.6 is 12.4 Å². The molecule has 2 aromatic carbocycles. The van der Waals surface area contributed by atoms with E-state index in [9.17, 15) is 9.59 Å². The molecule has 144 valence electrons. The van der Waals surface area contributed by atoms with Crippen LogP contribution in [0, 0.1) is 0 Å². The number of aryl methyl sites for hydroxylation is 1. The fourth-order valence-corrected chi connectivity index (χ4v) is 3.17. The summed E-state index contributed by atoms with van der Waals surface area (Å²) in [6.45, 7) is 1.27. The molecule has 0 bridgehead atoms. The van der Waals surface area contributed by atoms with Crippen molar-refractivity contribution in [3.8, 4) is 0 Å². The lowest BCUT2D eigenvalue weighted by atomic mass is 10.1. The molecule has 3 N–H and O–H groups in total. The standard InChI is InChI=1S/C21H25N3O2.ClH/c22-19-6-2-1-5-17(19)10-13-20(25)23-15-16-8-11-18(12-9-16)24-14-4-3-7-21(24)26;/h1-2,5-6,8-9,11-12H,3-4,7,10,13-15,22H2,(H,23,25);1H. The van der Waals surface area contributed by atoms with Crippen molar-refractivity contribution in [1.29, 1.82) is 0 Å². The summed E-state index contributed by atoms with van der Waals surface area (Å²) in [4.78, 5) is 25.9. The minimum Gasteiger partial charge on any atom is -0.399 e. The Balaban J connectivity index is 0.00000261. The van der Waals surface area contributed by atoms with E-state index in [1.807, 2.05) is 53.4 Å². The van der Waals surface area contributed by atoms with Crippen molar-refractivity contribution >= 4 is 35.6 Å². The van der Waals surface area contributed by atoms with Gasteiger partial charge in [0.1, 0.15) is 0 Å². The van der Waals surface area contributed by atoms with E-state index in [0.717, 1.165) is 41.9 Å². The van der Waals surface area contributed by atoms with Crippen LogP contribution in [0.25, 0.3) is 0 Å². The summed E-state index contributed by atoms with van der Waals surface area (Å²) in [5.74, 6) is 0.195. The topological polar surface area (TPSA) is 75.4 Å². The number of amides is 2. The molecule has 0 atom stereocenters. The molecular formula is C21H26ClN3O2. The Morgan fingerprint density at radius 1 is 1.07 bits per heavy atom. The van der Waals surface area contributed by atoms with Gasteiger partial charge in [0.05, 0.1) is 0 Å². The lowest BCUT2D eigenvalue weighted by molar-refractivity contribution is -0.121. The lowest BCUT2D eigenvalue weighted by Crippen LogP contribution is -2.35. The van der Waals surface area contributed by atoms with Gasteiger partial charge in [-0.25, -0.2) is 0 Å². The lowest BCUT2D eigenvalue weighted by Gasteiger charge is -2.26. The molecular weight excluding hydrogens is 362 g/mol. The van der Waals surface area contributed by atoms with Gasteiger partial charge in [-0.05, 0) is 48.6 Å². The molecule has 0 unspecified atom stereocenters. The zero-order chi connectivity index (χ0) is 18.4. The van der Waals surface area contributed by atoms with Crippen molar-refractivity contribution in [3.05, 3.63) is 59.7 Å². The number of nitrogens with one attached hydrogen (secondary N) is 1. The second-order valence-corrected chi connectivity index (χ2v) is 6.64. The summed E-state index contributed by atoms with van der Waals surface area (Å²) in [5.41, 5.74) is 9.57. The first-order chi connectivity index (χ1) is 12.6. The number of carbonyl (C=O) groups excluding carboxylic acids is 2. The summed E-state index contributed by atoms with van der Waals surface area (Å²) in [6.07, 6.45) is 3.70. The number of hydrogen-bond donors (Lipinski definition) is 2. The molecule has 0 aromatic heterocycles. The Hall–Kier alpha value is -2.53. The second-order valence-electron chi connectivity index (χ2n) is 6.64. The van der Waals surface area contributed by atoms with Crippen LogP contribution in [0.15, 0.2) is 48.5 Å². The van der Waals surface area contributed by atoms with Crippen LogP contribution in [0.1, 0.15) is 36.8 Å². The average Bonchev–Trinajstić information content (AvgIpc) is 2.67. The number of nitrogens with two attached hydrogens (primary N) is 1. The number of para-hydroxylation sites is 1. The summed E-state index contributed by atoms with van der Waals surface area (Å²) in [6, 6.07) is 15.5. The molecule has 2 aromatic rings. The molecule has 1 fully saturated rings. The van der Waals surface area contributed by atoms with Crippen LogP contribution in [-0.2, 0) is 22.6 Å². The maximum absolute atomic E-state index is 12.1. The highest BCUT2D eigenvalue weighted by Gasteiger charge is 2.19. The summed E-state index contributed by atoms with van der Waals surface area (Å²) >= 11 is 0. The van der Waals surface area contributed by atoms with E-state index >= 15 is 0 Å². The molecule has 0 aliphatic carbocycles. The van der Waals surface area contributed by atoms with Crippen LogP contribution < -0.4 is 16.0 Å². The molecule has 0 spiro atoms. The number of carbonyl (C=O) groups is 2. The van der Waals surface area contributed by atoms with Gasteiger partial charge in [-0.3, -0.25) is 9.59 Å². The Morgan fingerprint density at radius 3 is 2.52 bits per heavy atom. The molecule has 27 heavy (non-hydrogen) atoms. The first-order valence-electron chi connectivity index (χ1n) is 9.13. The quantitative estimate of drug-likeness (QED) is 0.745. The SMILES string of the molecule is Cl.Nc1ccccc1CCC(=O)NCc1ccc(N2CCCCC2=O)cc1. The van der Waals surface area contributed by atoms with Crippen molar-refractivity contribution in [2.24, 2.45) is 0 Å². The van der Waals surface area contributed by atoms with Gasteiger partial charge in [-0.15, -0.1) is 12.4 Å². The van der Waals surface area contributed by atoms with E-state index in [1.54, 1.807) is 0 Å². The third-order valence-electron chi connectivity index (χ3n) is 4.74. The highest BCUT2D eigenvalue weighted by atomic mass is 35.5. The molecule has 1 aliphatic rings. The maximum atomic E-state index is 12.1. The smallest absolute Gasteiger partial charge is 0.226 e. The van der Waals surface area contributed by atoms with Crippen LogP contribution in [0.5, 0.6) is 0 Å². The third-order valence-corrected chi connectivity index (χ3v) is 4.74. The predicted molar refractivity (Wildman–Crippen MR) is 111 cm³/mol. The van der Waals surface area contributed by atoms with E-state index in [4.69, 9.17) is 5.73 Å². The molecule has 1 heterocycles. The van der Waals surface area contributed by atoms with Gasteiger partial charge in [-0.2, -0.15) is 0 Å². The summed E-state index contributed by atoms with van der Waals surface area (Å²) < 4.78 is 0. The number of piperidine rings is 1. The number of rotatable bonds is 6. The summed E-state index contributed by atoms with van der Waals surface area (Å²) in [7, 11) is 0. The maximum Gasteiger partial charge on any atom is 0.226 e. The van der Waals surface area contributed by atoms with Gasteiger partial charge in [0, 0.05) is 37.3 Å². The fraction of sp³-hybridized carbons (Fsp3) is 0.333. The average molecular weight is 388 g/mol. The number of nitrogens with zero attached hydrogens (tertiary/aromatic N) is 1. The molecule has 2 amide bonds. The van der Waals surface area contributed by atoms with Crippen LogP contribution in [0.4, 0.5) is 11.4 Å². The van der Waals surface area contributed by atoms with E-state index in [1.165, 1.54) is 0 Å². The Labute approximate surface area is 166 Å². The first kappa shape index (κ1) is 20.8. The number of hydrogen-bond acceptors (Lipinski definition) is 3. The van der Waals surface area contributed by atoms with Crippen molar-refractivity contribution in [2.75, 3.05) is 17.2 Å². The van der Waals surface area contributed by atoms with E-state index in [-0.39, 0.29) is 24.2 Å². The molecule has 0 saturated carbocycles. The van der Waals surface area contributed by atoms with Gasteiger partial charge in [0.25, 0.3) is 0 Å². The number of halogens is 1. The number of anilines is 2. The molecule has 3 rings (SSSR count). The van der Waals surface area contributed by atoms with Gasteiger partial charge < -0.3 is 16.0 Å². The molecule has 1 saturated heterocycles. The summed E-state index contributed by atoms with van der Waals surface area (Å²) in [5, 5.41) is 2.94. The van der Waals surface area contributed by atoms with E-state index < -0.39 is 0 Å². The monoisotopic (exact) mass is 387 g/mol. The van der Waals surface area contributed by atoms with Gasteiger partial charge in [-0.1, -0.05) is 30.3 Å². The highest BCUT2D eigenvalue weighted by Crippen LogP contribution is 2.21. The fourth-order valence-electron chi connectivity index (χ4n) is 3.17. The Bertz CT molecular complexity index is 777. The molecule has 1 aliphatic heterocycles. The third kappa shape index (κ3) is 5.73. The Morgan fingerprint density at radius 2 is 1.81 bits per heavy atom. The van der Waals surface area contributed by atoms with Crippen molar-refractivity contribution in [1.82, 2.24) is 5.32 Å². The van der Waals surface area contributed by atoms with Crippen molar-refractivity contribution in [3.63, 3.8) is 0 Å². The van der Waals surface area contributed by atoms with Gasteiger partial charge >= 0.3 is 0 Å². The zero-order valence-corrected chi connectivity index (χ0v) is 16.1. The minimum absolute atomic E-state index is 0. The van der Waals surface area contributed by atoms with Crippen LogP contribution in [0.2, 0.25) is 0 Å². The van der Waals surface area contributed by atoms with Gasteiger partial charge in [0.2, 0.25) is 11.8 Å². The van der Waals surface area contributed by atoms with E-state index in [0.29, 0.717) is 25.8 Å².